The van der Waals surface area contributed by atoms with Crippen molar-refractivity contribution in [1.82, 2.24) is 19.7 Å². The molecule has 1 unspecified atom stereocenters. The fourth-order valence-corrected chi connectivity index (χ4v) is 4.93. The Morgan fingerprint density at radius 1 is 1.33 bits per heavy atom. The van der Waals surface area contributed by atoms with Gasteiger partial charge in [-0.3, -0.25) is 9.48 Å². The van der Waals surface area contributed by atoms with Gasteiger partial charge in [0.25, 0.3) is 0 Å². The highest BCUT2D eigenvalue weighted by Crippen LogP contribution is 2.39. The molecule has 1 atom stereocenters. The fourth-order valence-electron chi connectivity index (χ4n) is 2.89. The maximum atomic E-state index is 12.8. The molecule has 7 nitrogen and oxygen atoms in total. The summed E-state index contributed by atoms with van der Waals surface area (Å²) >= 11 is 8.89. The largest absolute Gasteiger partial charge is 0.309 e. The van der Waals surface area contributed by atoms with Gasteiger partial charge < -0.3 is 5.32 Å². The van der Waals surface area contributed by atoms with Crippen LogP contribution in [-0.2, 0) is 11.8 Å². The van der Waals surface area contributed by atoms with Crippen LogP contribution in [-0.4, -0.2) is 30.9 Å². The zero-order chi connectivity index (χ0) is 21.3. The van der Waals surface area contributed by atoms with Gasteiger partial charge in [-0.1, -0.05) is 35.5 Å². The van der Waals surface area contributed by atoms with Crippen LogP contribution in [0.25, 0.3) is 21.3 Å². The van der Waals surface area contributed by atoms with Gasteiger partial charge in [0, 0.05) is 23.0 Å². The molecule has 1 N–H and O–H groups in total. The summed E-state index contributed by atoms with van der Waals surface area (Å²) in [5.74, 6) is 0.135. The van der Waals surface area contributed by atoms with E-state index in [1.54, 1.807) is 14.0 Å². The number of anilines is 1. The van der Waals surface area contributed by atoms with Gasteiger partial charge >= 0.3 is 0 Å². The summed E-state index contributed by atoms with van der Waals surface area (Å²) < 4.78 is 1.47. The number of halogens is 1. The number of carbonyl (C=O) groups excluding carboxylic acids is 1. The van der Waals surface area contributed by atoms with Gasteiger partial charge in [0.1, 0.15) is 33.6 Å². The monoisotopic (exact) mass is 454 g/mol. The highest BCUT2D eigenvalue weighted by Gasteiger charge is 2.21. The van der Waals surface area contributed by atoms with Crippen molar-refractivity contribution in [1.29, 1.82) is 5.26 Å². The van der Waals surface area contributed by atoms with Gasteiger partial charge in [-0.05, 0) is 24.6 Å². The number of rotatable bonds is 5. The predicted octanol–water partition coefficient (Wildman–Crippen LogP) is 4.74. The highest BCUT2D eigenvalue weighted by molar-refractivity contribution is 8.00. The minimum absolute atomic E-state index is 0.241. The minimum atomic E-state index is -0.456. The lowest BCUT2D eigenvalue weighted by Gasteiger charge is -2.13. The van der Waals surface area contributed by atoms with Crippen LogP contribution < -0.4 is 5.32 Å². The molecular weight excluding hydrogens is 440 g/mol. The number of nitriles is 1. The topological polar surface area (TPSA) is 96.5 Å². The van der Waals surface area contributed by atoms with Crippen LogP contribution in [0.1, 0.15) is 12.5 Å². The Kier molecular flexibility index (Phi) is 5.72. The molecule has 3 aromatic heterocycles. The molecule has 3 heterocycles. The number of nitrogens with zero attached hydrogens (tertiary/aromatic N) is 5. The average Bonchev–Trinajstić information content (AvgIpc) is 3.33. The first-order chi connectivity index (χ1) is 14.5. The molecular formula is C20H15ClN6OS2. The summed E-state index contributed by atoms with van der Waals surface area (Å²) in [6.07, 6.45) is 2.93. The van der Waals surface area contributed by atoms with Crippen molar-refractivity contribution in [2.75, 3.05) is 5.32 Å². The Balaban J connectivity index is 1.63. The number of aromatic nitrogens is 4. The molecule has 10 heteroatoms. The number of fused-ring (bicyclic) bond motifs is 1. The predicted molar refractivity (Wildman–Crippen MR) is 120 cm³/mol. The standard InChI is InChI=1S/C20H15ClN6OS2/c1-11(18(28)26-17-13(7-22)8-25-27(17)2)30-20-16-15(9-29-19(16)23-10-24-20)12-3-5-14(21)6-4-12/h3-6,8-11H,1-2H3,(H,26,28). The van der Waals surface area contributed by atoms with Crippen LogP contribution >= 0.6 is 34.7 Å². The molecule has 30 heavy (non-hydrogen) atoms. The fraction of sp³-hybridized carbons (Fsp3) is 0.150. The Hall–Kier alpha value is -2.93. The summed E-state index contributed by atoms with van der Waals surface area (Å²) in [5.41, 5.74) is 2.32. The number of benzene rings is 1. The summed E-state index contributed by atoms with van der Waals surface area (Å²) in [6.45, 7) is 1.80. The quantitative estimate of drug-likeness (QED) is 0.345. The first-order valence-electron chi connectivity index (χ1n) is 8.85. The van der Waals surface area contributed by atoms with Gasteiger partial charge in [0.15, 0.2) is 0 Å². The van der Waals surface area contributed by atoms with E-state index in [0.29, 0.717) is 16.4 Å². The lowest BCUT2D eigenvalue weighted by atomic mass is 10.1. The number of thioether (sulfide) groups is 1. The first kappa shape index (κ1) is 20.3. The van der Waals surface area contributed by atoms with Crippen molar-refractivity contribution in [2.45, 2.75) is 17.2 Å². The number of amides is 1. The summed E-state index contributed by atoms with van der Waals surface area (Å²) in [5, 5.41) is 19.9. The van der Waals surface area contributed by atoms with Crippen molar-refractivity contribution in [3.05, 3.63) is 52.8 Å². The minimum Gasteiger partial charge on any atom is -0.309 e. The zero-order valence-electron chi connectivity index (χ0n) is 16.0. The molecule has 0 saturated heterocycles. The molecule has 4 aromatic rings. The van der Waals surface area contributed by atoms with Crippen molar-refractivity contribution < 1.29 is 4.79 Å². The van der Waals surface area contributed by atoms with Gasteiger partial charge in [0.05, 0.1) is 16.8 Å². The van der Waals surface area contributed by atoms with Crippen LogP contribution in [0.2, 0.25) is 5.02 Å². The third kappa shape index (κ3) is 3.89. The molecule has 4 rings (SSSR count). The maximum Gasteiger partial charge on any atom is 0.238 e. The third-order valence-electron chi connectivity index (χ3n) is 4.45. The van der Waals surface area contributed by atoms with Crippen LogP contribution in [0, 0.1) is 11.3 Å². The van der Waals surface area contributed by atoms with Crippen LogP contribution in [0.5, 0.6) is 0 Å². The van der Waals surface area contributed by atoms with E-state index in [-0.39, 0.29) is 5.91 Å². The number of hydrogen-bond acceptors (Lipinski definition) is 7. The van der Waals surface area contributed by atoms with Gasteiger partial charge in [-0.25, -0.2) is 9.97 Å². The van der Waals surface area contributed by atoms with Crippen LogP contribution in [0.15, 0.2) is 47.2 Å². The summed E-state index contributed by atoms with van der Waals surface area (Å²) in [7, 11) is 1.67. The molecule has 150 valence electrons. The van der Waals surface area contributed by atoms with E-state index in [4.69, 9.17) is 11.6 Å². The Labute approximate surface area is 185 Å². The second-order valence-corrected chi connectivity index (χ2v) is 9.03. The third-order valence-corrected chi connectivity index (χ3v) is 6.69. The van der Waals surface area contributed by atoms with E-state index < -0.39 is 5.25 Å². The Morgan fingerprint density at radius 2 is 2.10 bits per heavy atom. The van der Waals surface area contributed by atoms with Crippen molar-refractivity contribution >= 4 is 56.6 Å². The van der Waals surface area contributed by atoms with Crippen molar-refractivity contribution in [3.63, 3.8) is 0 Å². The molecule has 0 aliphatic rings. The Bertz CT molecular complexity index is 1270. The van der Waals surface area contributed by atoms with Crippen molar-refractivity contribution in [2.24, 2.45) is 7.05 Å². The average molecular weight is 455 g/mol. The second kappa shape index (κ2) is 8.44. The molecule has 1 amide bonds. The SMILES string of the molecule is CC(Sc1ncnc2scc(-c3ccc(Cl)cc3)c12)C(=O)Nc1c(C#N)cnn1C. The molecule has 0 aliphatic heterocycles. The van der Waals surface area contributed by atoms with Crippen LogP contribution in [0.4, 0.5) is 5.82 Å². The lowest BCUT2D eigenvalue weighted by molar-refractivity contribution is -0.115. The molecule has 0 spiro atoms. The molecule has 0 aliphatic carbocycles. The van der Waals surface area contributed by atoms with E-state index in [1.807, 2.05) is 35.7 Å². The number of nitrogens with one attached hydrogen (secondary N) is 1. The molecule has 0 radical (unpaired) electrons. The smallest absolute Gasteiger partial charge is 0.238 e. The van der Waals surface area contributed by atoms with Gasteiger partial charge in [0.2, 0.25) is 5.91 Å². The number of carbonyl (C=O) groups is 1. The molecule has 0 fully saturated rings. The number of hydrogen-bond donors (Lipinski definition) is 1. The number of thiophene rings is 1. The second-order valence-electron chi connectivity index (χ2n) is 6.41. The van der Waals surface area contributed by atoms with E-state index in [1.165, 1.54) is 40.3 Å². The summed E-state index contributed by atoms with van der Waals surface area (Å²) in [6, 6.07) is 9.61. The van der Waals surface area contributed by atoms with Crippen LogP contribution in [0.3, 0.4) is 0 Å². The van der Waals surface area contributed by atoms with E-state index in [2.05, 4.69) is 20.4 Å². The van der Waals surface area contributed by atoms with Gasteiger partial charge in [-0.2, -0.15) is 10.4 Å². The Morgan fingerprint density at radius 3 is 2.83 bits per heavy atom. The van der Waals surface area contributed by atoms with E-state index >= 15 is 0 Å². The lowest BCUT2D eigenvalue weighted by Crippen LogP contribution is -2.24. The summed E-state index contributed by atoms with van der Waals surface area (Å²) in [4.78, 5) is 22.4. The zero-order valence-corrected chi connectivity index (χ0v) is 18.3. The van der Waals surface area contributed by atoms with E-state index in [0.717, 1.165) is 26.4 Å². The normalized spacial score (nSPS) is 11.9. The molecule has 1 aromatic carbocycles. The van der Waals surface area contributed by atoms with Crippen molar-refractivity contribution in [3.8, 4) is 17.2 Å². The highest BCUT2D eigenvalue weighted by atomic mass is 35.5. The maximum absolute atomic E-state index is 12.8. The molecule has 0 bridgehead atoms. The first-order valence-corrected chi connectivity index (χ1v) is 11.0. The van der Waals surface area contributed by atoms with Gasteiger partial charge in [-0.15, -0.1) is 11.3 Å². The molecule has 0 saturated carbocycles. The van der Waals surface area contributed by atoms with E-state index in [9.17, 15) is 10.1 Å². The number of aryl methyl sites for hydroxylation is 1.